The van der Waals surface area contributed by atoms with E-state index in [4.69, 9.17) is 22.0 Å². The number of anilines is 1. The van der Waals surface area contributed by atoms with Crippen LogP contribution in [0.4, 0.5) is 5.69 Å². The molecule has 0 atom stereocenters. The van der Waals surface area contributed by atoms with Gasteiger partial charge in [0.1, 0.15) is 0 Å². The van der Waals surface area contributed by atoms with Gasteiger partial charge < -0.3 is 5.11 Å². The Hall–Kier alpha value is -1.78. The zero-order chi connectivity index (χ0) is 13.1. The van der Waals surface area contributed by atoms with E-state index in [-0.39, 0.29) is 16.3 Å². The lowest BCUT2D eigenvalue weighted by atomic mass is 10.2. The number of carbonyl (C=O) groups is 1. The number of halogens is 1. The van der Waals surface area contributed by atoms with E-state index in [0.29, 0.717) is 0 Å². The normalized spacial score (nSPS) is 10.6. The minimum Gasteiger partial charge on any atom is -0.478 e. The maximum absolute atomic E-state index is 11.3. The van der Waals surface area contributed by atoms with Crippen molar-refractivity contribution in [2.24, 2.45) is 0 Å². The second kappa shape index (κ2) is 5.03. The molecule has 90 valence electrons. The Bertz CT molecular complexity index is 592. The third kappa shape index (κ3) is 3.62. The SMILES string of the molecule is N#CCS(=O)(=O)Nc1ccc(C(=O)O)cc1Cl. The zero-order valence-electron chi connectivity index (χ0n) is 8.34. The first-order valence-corrected chi connectivity index (χ1v) is 6.29. The summed E-state index contributed by atoms with van der Waals surface area (Å²) in [6.07, 6.45) is 0. The number of aromatic carboxylic acids is 1. The van der Waals surface area contributed by atoms with Crippen LogP contribution in [0.1, 0.15) is 10.4 Å². The van der Waals surface area contributed by atoms with Gasteiger partial charge in [0.25, 0.3) is 0 Å². The highest BCUT2D eigenvalue weighted by Gasteiger charge is 2.13. The van der Waals surface area contributed by atoms with E-state index in [1.165, 1.54) is 18.2 Å². The minimum atomic E-state index is -3.78. The molecule has 0 aromatic heterocycles. The van der Waals surface area contributed by atoms with Gasteiger partial charge in [0, 0.05) is 0 Å². The van der Waals surface area contributed by atoms with Gasteiger partial charge >= 0.3 is 5.97 Å². The number of sulfonamides is 1. The predicted molar refractivity (Wildman–Crippen MR) is 61.4 cm³/mol. The molecular formula is C9H7ClN2O4S. The molecule has 0 amide bonds. The summed E-state index contributed by atoms with van der Waals surface area (Å²) < 4.78 is 24.6. The van der Waals surface area contributed by atoms with E-state index < -0.39 is 21.7 Å². The molecule has 0 radical (unpaired) electrons. The Morgan fingerprint density at radius 1 is 1.53 bits per heavy atom. The molecule has 1 aromatic rings. The number of nitrogens with one attached hydrogen (secondary N) is 1. The molecule has 8 heteroatoms. The van der Waals surface area contributed by atoms with E-state index >= 15 is 0 Å². The maximum Gasteiger partial charge on any atom is 0.335 e. The van der Waals surface area contributed by atoms with E-state index in [0.717, 1.165) is 6.07 Å². The highest BCUT2D eigenvalue weighted by Crippen LogP contribution is 2.24. The number of carboxylic acids is 1. The molecule has 0 spiro atoms. The fourth-order valence-electron chi connectivity index (χ4n) is 1.02. The van der Waals surface area contributed by atoms with Crippen molar-refractivity contribution < 1.29 is 18.3 Å². The molecule has 0 saturated carbocycles. The Kier molecular flexibility index (Phi) is 3.93. The van der Waals surface area contributed by atoms with Crippen LogP contribution in [0.3, 0.4) is 0 Å². The number of nitriles is 1. The molecule has 1 rings (SSSR count). The molecule has 17 heavy (non-hydrogen) atoms. The monoisotopic (exact) mass is 274 g/mol. The van der Waals surface area contributed by atoms with Gasteiger partial charge in [-0.05, 0) is 18.2 Å². The van der Waals surface area contributed by atoms with Gasteiger partial charge in [0.15, 0.2) is 5.75 Å². The lowest BCUT2D eigenvalue weighted by Gasteiger charge is -2.07. The van der Waals surface area contributed by atoms with Crippen LogP contribution in [0.15, 0.2) is 18.2 Å². The first-order valence-electron chi connectivity index (χ1n) is 4.26. The Labute approximate surface area is 102 Å². The van der Waals surface area contributed by atoms with Crippen LogP contribution >= 0.6 is 11.6 Å². The zero-order valence-corrected chi connectivity index (χ0v) is 9.92. The highest BCUT2D eigenvalue weighted by molar-refractivity contribution is 7.92. The first kappa shape index (κ1) is 13.3. The second-order valence-corrected chi connectivity index (χ2v) is 5.15. The molecule has 2 N–H and O–H groups in total. The average molecular weight is 275 g/mol. The number of hydrogen-bond donors (Lipinski definition) is 2. The van der Waals surface area contributed by atoms with Gasteiger partial charge in [0.05, 0.1) is 22.3 Å². The molecule has 1 aromatic carbocycles. The van der Waals surface area contributed by atoms with Crippen LogP contribution in [0.25, 0.3) is 0 Å². The Morgan fingerprint density at radius 2 is 2.18 bits per heavy atom. The van der Waals surface area contributed by atoms with E-state index in [1.807, 2.05) is 0 Å². The predicted octanol–water partition coefficient (Wildman–Crippen LogP) is 1.30. The standard InChI is InChI=1S/C9H7ClN2O4S/c10-7-5-6(9(13)14)1-2-8(7)12-17(15,16)4-3-11/h1-2,5,12H,4H2,(H,13,14). The quantitative estimate of drug-likeness (QED) is 0.860. The molecule has 0 aliphatic carbocycles. The number of carboxylic acid groups (broad SMARTS) is 1. The maximum atomic E-state index is 11.3. The van der Waals surface area contributed by atoms with Crippen molar-refractivity contribution in [3.63, 3.8) is 0 Å². The lowest BCUT2D eigenvalue weighted by molar-refractivity contribution is 0.0697. The molecule has 0 aliphatic rings. The summed E-state index contributed by atoms with van der Waals surface area (Å²) >= 11 is 5.71. The molecule has 0 saturated heterocycles. The first-order chi connectivity index (χ1) is 7.85. The molecule has 6 nitrogen and oxygen atoms in total. The van der Waals surface area contributed by atoms with Gasteiger partial charge in [-0.2, -0.15) is 5.26 Å². The van der Waals surface area contributed by atoms with Crippen molar-refractivity contribution in [3.8, 4) is 6.07 Å². The van der Waals surface area contributed by atoms with Crippen molar-refractivity contribution in [1.29, 1.82) is 5.26 Å². The van der Waals surface area contributed by atoms with Crippen molar-refractivity contribution in [2.75, 3.05) is 10.5 Å². The summed E-state index contributed by atoms with van der Waals surface area (Å²) in [6.45, 7) is 0. The van der Waals surface area contributed by atoms with Gasteiger partial charge in [-0.3, -0.25) is 4.72 Å². The van der Waals surface area contributed by atoms with Crippen LogP contribution in [-0.2, 0) is 10.0 Å². The number of rotatable bonds is 4. The molecular weight excluding hydrogens is 268 g/mol. The summed E-state index contributed by atoms with van der Waals surface area (Å²) in [5, 5.41) is 16.9. The van der Waals surface area contributed by atoms with Crippen molar-refractivity contribution >= 4 is 33.3 Å². The Morgan fingerprint density at radius 3 is 2.65 bits per heavy atom. The number of nitrogens with zero attached hydrogens (tertiary/aromatic N) is 1. The minimum absolute atomic E-state index is 0.0342. The van der Waals surface area contributed by atoms with Crippen LogP contribution in [0.2, 0.25) is 5.02 Å². The second-order valence-electron chi connectivity index (χ2n) is 3.02. The number of hydrogen-bond acceptors (Lipinski definition) is 4. The summed E-state index contributed by atoms with van der Waals surface area (Å²) in [7, 11) is -3.78. The summed E-state index contributed by atoms with van der Waals surface area (Å²) in [4.78, 5) is 10.6. The van der Waals surface area contributed by atoms with E-state index in [1.54, 1.807) is 0 Å². The summed E-state index contributed by atoms with van der Waals surface area (Å²) in [5.41, 5.74) is -0.0230. The third-order valence-electron chi connectivity index (χ3n) is 1.74. The van der Waals surface area contributed by atoms with Gasteiger partial charge in [-0.15, -0.1) is 0 Å². The third-order valence-corrected chi connectivity index (χ3v) is 3.09. The largest absolute Gasteiger partial charge is 0.478 e. The van der Waals surface area contributed by atoms with Gasteiger partial charge in [-0.25, -0.2) is 13.2 Å². The molecule has 0 unspecified atom stereocenters. The Balaban J connectivity index is 3.03. The summed E-state index contributed by atoms with van der Waals surface area (Å²) in [5.74, 6) is -1.87. The van der Waals surface area contributed by atoms with Gasteiger partial charge in [0.2, 0.25) is 10.0 Å². The smallest absolute Gasteiger partial charge is 0.335 e. The molecule has 0 aliphatic heterocycles. The van der Waals surface area contributed by atoms with E-state index in [2.05, 4.69) is 4.72 Å². The topological polar surface area (TPSA) is 107 Å². The number of benzene rings is 1. The van der Waals surface area contributed by atoms with Gasteiger partial charge in [-0.1, -0.05) is 11.6 Å². The fraction of sp³-hybridized carbons (Fsp3) is 0.111. The highest BCUT2D eigenvalue weighted by atomic mass is 35.5. The van der Waals surface area contributed by atoms with E-state index in [9.17, 15) is 13.2 Å². The lowest BCUT2D eigenvalue weighted by Crippen LogP contribution is -2.15. The van der Waals surface area contributed by atoms with Crippen LogP contribution < -0.4 is 4.72 Å². The fourth-order valence-corrected chi connectivity index (χ4v) is 2.06. The van der Waals surface area contributed by atoms with Crippen LogP contribution in [0.5, 0.6) is 0 Å². The van der Waals surface area contributed by atoms with Crippen LogP contribution in [0, 0.1) is 11.3 Å². The molecule has 0 bridgehead atoms. The van der Waals surface area contributed by atoms with Crippen LogP contribution in [-0.4, -0.2) is 25.2 Å². The molecule has 0 heterocycles. The van der Waals surface area contributed by atoms with Crippen molar-refractivity contribution in [2.45, 2.75) is 0 Å². The molecule has 0 fully saturated rings. The average Bonchev–Trinajstić information content (AvgIpc) is 2.20. The van der Waals surface area contributed by atoms with Crippen molar-refractivity contribution in [1.82, 2.24) is 0 Å². The van der Waals surface area contributed by atoms with Crippen molar-refractivity contribution in [3.05, 3.63) is 28.8 Å². The summed E-state index contributed by atoms with van der Waals surface area (Å²) in [6, 6.07) is 5.04.